The average molecular weight is 373 g/mol. The van der Waals surface area contributed by atoms with Crippen molar-refractivity contribution in [2.24, 2.45) is 0 Å². The largest absolute Gasteiger partial charge is 0.467 e. The minimum Gasteiger partial charge on any atom is -0.467 e. The molecule has 6 nitrogen and oxygen atoms in total. The van der Waals surface area contributed by atoms with E-state index in [0.29, 0.717) is 5.69 Å². The number of amides is 1. The van der Waals surface area contributed by atoms with Gasteiger partial charge in [-0.05, 0) is 19.1 Å². The molecule has 2 aromatic heterocycles. The van der Waals surface area contributed by atoms with Gasteiger partial charge in [0.1, 0.15) is 11.7 Å². The fourth-order valence-electron chi connectivity index (χ4n) is 3.27. The smallest absolute Gasteiger partial charge is 0.328 e. The summed E-state index contributed by atoms with van der Waals surface area (Å²) in [5.41, 5.74) is 3.66. The molecular weight excluding hydrogens is 354 g/mol. The lowest BCUT2D eigenvalue weighted by molar-refractivity contribution is -0.142. The highest BCUT2D eigenvalue weighted by Crippen LogP contribution is 2.32. The lowest BCUT2D eigenvalue weighted by Crippen LogP contribution is -2.39. The molecule has 0 aliphatic rings. The topological polar surface area (TPSA) is 84.1 Å². The Labute approximate surface area is 161 Å². The first kappa shape index (κ1) is 17.7. The minimum atomic E-state index is -0.766. The number of benzene rings is 2. The number of fused-ring (bicyclic) bond motifs is 3. The van der Waals surface area contributed by atoms with Gasteiger partial charge in [0.15, 0.2) is 0 Å². The molecule has 0 radical (unpaired) electrons. The molecule has 0 saturated carbocycles. The summed E-state index contributed by atoms with van der Waals surface area (Å²) in [4.78, 5) is 32.4. The van der Waals surface area contributed by atoms with Crippen molar-refractivity contribution in [3.05, 3.63) is 66.4 Å². The number of carbonyl (C=O) groups excluding carboxylic acids is 2. The van der Waals surface area contributed by atoms with Gasteiger partial charge in [0.2, 0.25) is 0 Å². The van der Waals surface area contributed by atoms with Crippen molar-refractivity contribution in [1.82, 2.24) is 15.3 Å². The molecule has 28 heavy (non-hydrogen) atoms. The Morgan fingerprint density at radius 1 is 1.04 bits per heavy atom. The van der Waals surface area contributed by atoms with E-state index in [4.69, 9.17) is 0 Å². The van der Waals surface area contributed by atoms with E-state index in [1.165, 1.54) is 7.11 Å². The van der Waals surface area contributed by atoms with Crippen LogP contribution in [0.15, 0.2) is 60.7 Å². The lowest BCUT2D eigenvalue weighted by Gasteiger charge is -2.12. The monoisotopic (exact) mass is 373 g/mol. The Hall–Kier alpha value is -3.67. The average Bonchev–Trinajstić information content (AvgIpc) is 3.11. The fraction of sp³-hybridized carbons (Fsp3) is 0.136. The normalized spacial score (nSPS) is 12.1. The number of aromatic nitrogens is 2. The third-order valence-corrected chi connectivity index (χ3v) is 4.68. The third-order valence-electron chi connectivity index (χ3n) is 4.68. The number of pyridine rings is 1. The highest BCUT2D eigenvalue weighted by molar-refractivity contribution is 6.13. The van der Waals surface area contributed by atoms with Crippen LogP contribution in [-0.4, -0.2) is 35.0 Å². The van der Waals surface area contributed by atoms with Gasteiger partial charge in [0, 0.05) is 21.9 Å². The van der Waals surface area contributed by atoms with Gasteiger partial charge in [-0.2, -0.15) is 0 Å². The molecule has 0 fully saturated rings. The molecule has 140 valence electrons. The maximum Gasteiger partial charge on any atom is 0.328 e. The van der Waals surface area contributed by atoms with Gasteiger partial charge in [0.25, 0.3) is 5.91 Å². The van der Waals surface area contributed by atoms with Crippen molar-refractivity contribution in [2.75, 3.05) is 7.11 Å². The zero-order valence-corrected chi connectivity index (χ0v) is 15.5. The number of nitrogens with zero attached hydrogens (tertiary/aromatic N) is 1. The van der Waals surface area contributed by atoms with E-state index < -0.39 is 17.9 Å². The number of esters is 1. The number of hydrogen-bond acceptors (Lipinski definition) is 4. The van der Waals surface area contributed by atoms with Gasteiger partial charge in [0.05, 0.1) is 18.3 Å². The maximum absolute atomic E-state index is 12.8. The number of methoxy groups -OCH3 is 1. The molecule has 4 rings (SSSR count). The Morgan fingerprint density at radius 3 is 2.50 bits per heavy atom. The second-order valence-corrected chi connectivity index (χ2v) is 6.53. The number of para-hydroxylation sites is 1. The third kappa shape index (κ3) is 3.09. The molecular formula is C22H19N3O3. The summed E-state index contributed by atoms with van der Waals surface area (Å²) in [6, 6.07) is 18.6. The second kappa shape index (κ2) is 7.15. The highest BCUT2D eigenvalue weighted by Gasteiger charge is 2.20. The first-order chi connectivity index (χ1) is 13.6. The van der Waals surface area contributed by atoms with E-state index in [-0.39, 0.29) is 5.69 Å². The molecule has 6 heteroatoms. The van der Waals surface area contributed by atoms with E-state index in [2.05, 4.69) is 20.0 Å². The van der Waals surface area contributed by atoms with E-state index in [1.807, 2.05) is 54.6 Å². The summed E-state index contributed by atoms with van der Waals surface area (Å²) in [6.45, 7) is 1.58. The van der Waals surface area contributed by atoms with Gasteiger partial charge in [-0.1, -0.05) is 48.5 Å². The van der Waals surface area contributed by atoms with E-state index in [1.54, 1.807) is 13.0 Å². The first-order valence-corrected chi connectivity index (χ1v) is 8.94. The van der Waals surface area contributed by atoms with Crippen LogP contribution in [-0.2, 0) is 9.53 Å². The van der Waals surface area contributed by atoms with Crippen molar-refractivity contribution >= 4 is 33.7 Å². The van der Waals surface area contributed by atoms with Crippen LogP contribution < -0.4 is 5.32 Å². The molecule has 1 atom stereocenters. The van der Waals surface area contributed by atoms with Crippen molar-refractivity contribution in [3.63, 3.8) is 0 Å². The van der Waals surface area contributed by atoms with Gasteiger partial charge in [-0.25, -0.2) is 9.78 Å². The number of carbonyl (C=O) groups is 2. The number of ether oxygens (including phenoxy) is 1. The van der Waals surface area contributed by atoms with Gasteiger partial charge in [-0.3, -0.25) is 4.79 Å². The van der Waals surface area contributed by atoms with E-state index >= 15 is 0 Å². The van der Waals surface area contributed by atoms with Crippen LogP contribution in [0.25, 0.3) is 33.1 Å². The van der Waals surface area contributed by atoms with Crippen LogP contribution in [0.5, 0.6) is 0 Å². The first-order valence-electron chi connectivity index (χ1n) is 8.94. The standard InChI is InChI=1S/C22H19N3O3/c1-13(22(27)28-2)23-21(26)18-12-16-15-10-6-7-11-17(15)24-20(16)19(25-18)14-8-4-3-5-9-14/h3-13,24H,1-2H3,(H,23,26). The second-order valence-electron chi connectivity index (χ2n) is 6.53. The molecule has 2 N–H and O–H groups in total. The Kier molecular flexibility index (Phi) is 4.53. The quantitative estimate of drug-likeness (QED) is 0.535. The molecule has 2 aromatic carbocycles. The molecule has 0 spiro atoms. The van der Waals surface area contributed by atoms with Crippen LogP contribution in [0, 0.1) is 0 Å². The number of nitrogens with one attached hydrogen (secondary N) is 2. The van der Waals surface area contributed by atoms with Crippen LogP contribution in [0.4, 0.5) is 0 Å². The predicted molar refractivity (Wildman–Crippen MR) is 108 cm³/mol. The van der Waals surface area contributed by atoms with Crippen LogP contribution >= 0.6 is 0 Å². The number of rotatable bonds is 4. The van der Waals surface area contributed by atoms with Gasteiger partial charge < -0.3 is 15.0 Å². The SMILES string of the molecule is COC(=O)C(C)NC(=O)c1cc2c([nH]c3ccccc32)c(-c2ccccc2)n1. The summed E-state index contributed by atoms with van der Waals surface area (Å²) in [5.74, 6) is -0.938. The van der Waals surface area contributed by atoms with Crippen molar-refractivity contribution in [1.29, 1.82) is 0 Å². The summed E-state index contributed by atoms with van der Waals surface area (Å²) in [5, 5.41) is 4.55. The van der Waals surface area contributed by atoms with Crippen LogP contribution in [0.1, 0.15) is 17.4 Å². The molecule has 0 bridgehead atoms. The van der Waals surface area contributed by atoms with Crippen molar-refractivity contribution in [2.45, 2.75) is 13.0 Å². The maximum atomic E-state index is 12.8. The summed E-state index contributed by atoms with van der Waals surface area (Å²) in [6.07, 6.45) is 0. The molecule has 0 aliphatic heterocycles. The summed E-state index contributed by atoms with van der Waals surface area (Å²) in [7, 11) is 1.29. The lowest BCUT2D eigenvalue weighted by atomic mass is 10.1. The number of H-pyrrole nitrogens is 1. The predicted octanol–water partition coefficient (Wildman–Crippen LogP) is 3.67. The Morgan fingerprint density at radius 2 is 1.75 bits per heavy atom. The summed E-state index contributed by atoms with van der Waals surface area (Å²) >= 11 is 0. The zero-order chi connectivity index (χ0) is 19.7. The molecule has 2 heterocycles. The van der Waals surface area contributed by atoms with Gasteiger partial charge >= 0.3 is 5.97 Å². The number of hydrogen-bond donors (Lipinski definition) is 2. The summed E-state index contributed by atoms with van der Waals surface area (Å²) < 4.78 is 4.68. The zero-order valence-electron chi connectivity index (χ0n) is 15.5. The molecule has 0 saturated heterocycles. The van der Waals surface area contributed by atoms with Crippen LogP contribution in [0.2, 0.25) is 0 Å². The number of aromatic amines is 1. The molecule has 1 amide bonds. The minimum absolute atomic E-state index is 0.242. The van der Waals surface area contributed by atoms with Crippen LogP contribution in [0.3, 0.4) is 0 Å². The van der Waals surface area contributed by atoms with E-state index in [0.717, 1.165) is 27.4 Å². The van der Waals surface area contributed by atoms with Crippen molar-refractivity contribution < 1.29 is 14.3 Å². The highest BCUT2D eigenvalue weighted by atomic mass is 16.5. The Bertz CT molecular complexity index is 1180. The molecule has 1 unspecified atom stereocenters. The Balaban J connectivity index is 1.89. The van der Waals surface area contributed by atoms with E-state index in [9.17, 15) is 9.59 Å². The van der Waals surface area contributed by atoms with Crippen molar-refractivity contribution in [3.8, 4) is 11.3 Å². The fourth-order valence-corrected chi connectivity index (χ4v) is 3.27. The molecule has 0 aliphatic carbocycles. The van der Waals surface area contributed by atoms with Gasteiger partial charge in [-0.15, -0.1) is 0 Å². The molecule has 4 aromatic rings.